The first kappa shape index (κ1) is 15.3. The summed E-state index contributed by atoms with van der Waals surface area (Å²) in [5.74, 6) is -0.0947. The van der Waals surface area contributed by atoms with Crippen molar-refractivity contribution in [3.05, 3.63) is 62.0 Å². The van der Waals surface area contributed by atoms with Gasteiger partial charge in [0, 0.05) is 20.2 Å². The Bertz CT molecular complexity index is 653. The average molecular weight is 397 g/mol. The molecule has 2 nitrogen and oxygen atoms in total. The number of halogens is 2. The molecule has 2 aromatic rings. The van der Waals surface area contributed by atoms with Gasteiger partial charge in [0.05, 0.1) is 0 Å². The average Bonchev–Trinajstić information content (AvgIpc) is 2.43. The van der Waals surface area contributed by atoms with Crippen molar-refractivity contribution >= 4 is 43.5 Å². The molecule has 4 heteroatoms. The number of anilines is 1. The van der Waals surface area contributed by atoms with E-state index in [0.29, 0.717) is 5.56 Å². The summed E-state index contributed by atoms with van der Waals surface area (Å²) in [6, 6.07) is 11.5. The zero-order valence-electron chi connectivity index (χ0n) is 11.3. The highest BCUT2D eigenvalue weighted by Gasteiger charge is 2.10. The van der Waals surface area contributed by atoms with E-state index < -0.39 is 0 Å². The summed E-state index contributed by atoms with van der Waals surface area (Å²) >= 11 is 6.90. The van der Waals surface area contributed by atoms with E-state index in [1.54, 1.807) is 0 Å². The lowest BCUT2D eigenvalue weighted by molar-refractivity contribution is 0.102. The molecule has 104 valence electrons. The third-order valence-corrected chi connectivity index (χ3v) is 4.48. The van der Waals surface area contributed by atoms with Crippen LogP contribution in [0, 0.1) is 6.92 Å². The van der Waals surface area contributed by atoms with Crippen LogP contribution >= 0.6 is 31.9 Å². The fourth-order valence-electron chi connectivity index (χ4n) is 1.91. The molecule has 20 heavy (non-hydrogen) atoms. The van der Waals surface area contributed by atoms with Crippen molar-refractivity contribution in [3.63, 3.8) is 0 Å². The molecular weight excluding hydrogens is 382 g/mol. The topological polar surface area (TPSA) is 29.1 Å². The van der Waals surface area contributed by atoms with Crippen LogP contribution < -0.4 is 5.32 Å². The summed E-state index contributed by atoms with van der Waals surface area (Å²) in [5, 5.41) is 2.97. The molecule has 0 bridgehead atoms. The van der Waals surface area contributed by atoms with Crippen LogP contribution in [0.4, 0.5) is 5.69 Å². The van der Waals surface area contributed by atoms with Crippen molar-refractivity contribution in [1.29, 1.82) is 0 Å². The Morgan fingerprint density at radius 2 is 1.90 bits per heavy atom. The van der Waals surface area contributed by atoms with Gasteiger partial charge < -0.3 is 5.32 Å². The van der Waals surface area contributed by atoms with Gasteiger partial charge in [0.1, 0.15) is 0 Å². The van der Waals surface area contributed by atoms with E-state index in [4.69, 9.17) is 0 Å². The number of benzene rings is 2. The van der Waals surface area contributed by atoms with Gasteiger partial charge in [-0.15, -0.1) is 0 Å². The SMILES string of the molecule is CCc1cc(Br)ccc1NC(=O)c1ccc(C)c(Br)c1. The van der Waals surface area contributed by atoms with E-state index >= 15 is 0 Å². The van der Waals surface area contributed by atoms with Crippen molar-refractivity contribution in [2.45, 2.75) is 20.3 Å². The summed E-state index contributed by atoms with van der Waals surface area (Å²) in [4.78, 5) is 12.3. The lowest BCUT2D eigenvalue weighted by Crippen LogP contribution is -2.13. The fourth-order valence-corrected chi connectivity index (χ4v) is 2.69. The van der Waals surface area contributed by atoms with Crippen molar-refractivity contribution < 1.29 is 4.79 Å². The summed E-state index contributed by atoms with van der Waals surface area (Å²) in [7, 11) is 0. The predicted octanol–water partition coefficient (Wildman–Crippen LogP) is 5.33. The predicted molar refractivity (Wildman–Crippen MR) is 90.4 cm³/mol. The second-order valence-electron chi connectivity index (χ2n) is 4.57. The monoisotopic (exact) mass is 395 g/mol. The standard InChI is InChI=1S/C16H15Br2NO/c1-3-11-8-13(17)6-7-15(11)19-16(20)12-5-4-10(2)14(18)9-12/h4-9H,3H2,1-2H3,(H,19,20). The Hall–Kier alpha value is -1.13. The van der Waals surface area contributed by atoms with E-state index in [9.17, 15) is 4.79 Å². The molecule has 0 saturated heterocycles. The maximum Gasteiger partial charge on any atom is 0.255 e. The largest absolute Gasteiger partial charge is 0.322 e. The van der Waals surface area contributed by atoms with Gasteiger partial charge in [-0.05, 0) is 54.8 Å². The quantitative estimate of drug-likeness (QED) is 0.745. The lowest BCUT2D eigenvalue weighted by atomic mass is 10.1. The van der Waals surface area contributed by atoms with Crippen LogP contribution in [0.1, 0.15) is 28.4 Å². The van der Waals surface area contributed by atoms with E-state index in [1.165, 1.54) is 0 Å². The Morgan fingerprint density at radius 3 is 2.55 bits per heavy atom. The highest BCUT2D eigenvalue weighted by molar-refractivity contribution is 9.10. The number of hydrogen-bond donors (Lipinski definition) is 1. The van der Waals surface area contributed by atoms with Crippen LogP contribution in [0.3, 0.4) is 0 Å². The molecule has 0 aliphatic heterocycles. The third kappa shape index (κ3) is 3.49. The van der Waals surface area contributed by atoms with Crippen molar-refractivity contribution in [2.75, 3.05) is 5.32 Å². The number of carbonyl (C=O) groups is 1. The molecule has 2 aromatic carbocycles. The van der Waals surface area contributed by atoms with Gasteiger partial charge >= 0.3 is 0 Å². The van der Waals surface area contributed by atoms with Crippen LogP contribution in [-0.2, 0) is 6.42 Å². The summed E-state index contributed by atoms with van der Waals surface area (Å²) in [6.07, 6.45) is 0.868. The van der Waals surface area contributed by atoms with Crippen LogP contribution in [0.15, 0.2) is 45.3 Å². The summed E-state index contributed by atoms with van der Waals surface area (Å²) < 4.78 is 1.96. The minimum atomic E-state index is -0.0947. The van der Waals surface area contributed by atoms with Crippen LogP contribution in [0.25, 0.3) is 0 Å². The second kappa shape index (κ2) is 6.55. The summed E-state index contributed by atoms with van der Waals surface area (Å²) in [6.45, 7) is 4.07. The molecule has 0 aliphatic carbocycles. The molecule has 0 fully saturated rings. The summed E-state index contributed by atoms with van der Waals surface area (Å²) in [5.41, 5.74) is 3.73. The first-order valence-corrected chi connectivity index (χ1v) is 7.95. The number of rotatable bonds is 3. The van der Waals surface area contributed by atoms with Crippen molar-refractivity contribution in [1.82, 2.24) is 0 Å². The van der Waals surface area contributed by atoms with E-state index in [2.05, 4.69) is 44.1 Å². The molecule has 1 amide bonds. The molecule has 0 spiro atoms. The molecule has 1 N–H and O–H groups in total. The number of aryl methyl sites for hydroxylation is 2. The molecule has 0 aromatic heterocycles. The molecule has 0 atom stereocenters. The molecule has 0 aliphatic rings. The Labute approximate surface area is 135 Å². The normalized spacial score (nSPS) is 10.4. The zero-order chi connectivity index (χ0) is 14.7. The van der Waals surface area contributed by atoms with Crippen LogP contribution in [-0.4, -0.2) is 5.91 Å². The third-order valence-electron chi connectivity index (χ3n) is 3.13. The number of hydrogen-bond acceptors (Lipinski definition) is 1. The molecule has 0 unspecified atom stereocenters. The molecule has 0 saturated carbocycles. The molecular formula is C16H15Br2NO. The Balaban J connectivity index is 2.25. The Kier molecular flexibility index (Phi) is 5.00. The van der Waals surface area contributed by atoms with Gasteiger partial charge in [0.25, 0.3) is 5.91 Å². The highest BCUT2D eigenvalue weighted by Crippen LogP contribution is 2.23. The first-order chi connectivity index (χ1) is 9.51. The smallest absolute Gasteiger partial charge is 0.255 e. The van der Waals surface area contributed by atoms with Crippen molar-refractivity contribution in [2.24, 2.45) is 0 Å². The Morgan fingerprint density at radius 1 is 1.15 bits per heavy atom. The lowest BCUT2D eigenvalue weighted by Gasteiger charge is -2.11. The minimum Gasteiger partial charge on any atom is -0.322 e. The van der Waals surface area contributed by atoms with Crippen molar-refractivity contribution in [3.8, 4) is 0 Å². The van der Waals surface area contributed by atoms with E-state index in [1.807, 2.05) is 43.3 Å². The van der Waals surface area contributed by atoms with Gasteiger partial charge in [-0.3, -0.25) is 4.79 Å². The number of nitrogens with one attached hydrogen (secondary N) is 1. The zero-order valence-corrected chi connectivity index (χ0v) is 14.5. The highest BCUT2D eigenvalue weighted by atomic mass is 79.9. The first-order valence-electron chi connectivity index (χ1n) is 6.37. The van der Waals surface area contributed by atoms with Gasteiger partial charge in [0.2, 0.25) is 0 Å². The van der Waals surface area contributed by atoms with Crippen LogP contribution in [0.5, 0.6) is 0 Å². The van der Waals surface area contributed by atoms with E-state index in [0.717, 1.165) is 32.2 Å². The van der Waals surface area contributed by atoms with Gasteiger partial charge in [-0.1, -0.05) is 44.8 Å². The molecule has 0 heterocycles. The molecule has 2 rings (SSSR count). The maximum absolute atomic E-state index is 12.3. The van der Waals surface area contributed by atoms with Crippen LogP contribution in [0.2, 0.25) is 0 Å². The minimum absolute atomic E-state index is 0.0947. The van der Waals surface area contributed by atoms with Gasteiger partial charge in [0.15, 0.2) is 0 Å². The fraction of sp³-hybridized carbons (Fsp3) is 0.188. The second-order valence-corrected chi connectivity index (χ2v) is 6.34. The maximum atomic E-state index is 12.3. The molecule has 0 radical (unpaired) electrons. The van der Waals surface area contributed by atoms with Gasteiger partial charge in [-0.2, -0.15) is 0 Å². The number of amides is 1. The van der Waals surface area contributed by atoms with E-state index in [-0.39, 0.29) is 5.91 Å². The van der Waals surface area contributed by atoms with Gasteiger partial charge in [-0.25, -0.2) is 0 Å². The number of carbonyl (C=O) groups excluding carboxylic acids is 1.